The smallest absolute Gasteiger partial charge is 0.246 e. The van der Waals surface area contributed by atoms with E-state index < -0.39 is 0 Å². The summed E-state index contributed by atoms with van der Waals surface area (Å²) in [7, 11) is 0. The van der Waals surface area contributed by atoms with E-state index in [2.05, 4.69) is 45.9 Å². The maximum Gasteiger partial charge on any atom is 0.246 e. The fourth-order valence-corrected chi connectivity index (χ4v) is 2.86. The molecule has 1 heterocycles. The van der Waals surface area contributed by atoms with Gasteiger partial charge < -0.3 is 20.5 Å². The number of terminal acetylenes is 1. The number of benzene rings is 1. The molecule has 0 fully saturated rings. The Morgan fingerprint density at radius 1 is 1.23 bits per heavy atom. The lowest BCUT2D eigenvalue weighted by atomic mass is 9.99. The highest BCUT2D eigenvalue weighted by Gasteiger charge is 2.13. The van der Waals surface area contributed by atoms with Crippen LogP contribution in [0.5, 0.6) is 0 Å². The Kier molecular flexibility index (Phi) is 11.6. The largest absolute Gasteiger partial charge is 0.359 e. The molecule has 7 nitrogen and oxygen atoms in total. The summed E-state index contributed by atoms with van der Waals surface area (Å²) in [6.07, 6.45) is 7.44. The van der Waals surface area contributed by atoms with Crippen LogP contribution in [0.2, 0.25) is 0 Å². The van der Waals surface area contributed by atoms with Gasteiger partial charge in [-0.2, -0.15) is 0 Å². The Bertz CT molecular complexity index is 868. The lowest BCUT2D eigenvalue weighted by Crippen LogP contribution is -2.37. The lowest BCUT2D eigenvalue weighted by molar-refractivity contribution is -0.114. The van der Waals surface area contributed by atoms with Gasteiger partial charge in [0.05, 0.1) is 12.2 Å². The van der Waals surface area contributed by atoms with Gasteiger partial charge in [0.15, 0.2) is 11.7 Å². The first-order valence-corrected chi connectivity index (χ1v) is 9.93. The van der Waals surface area contributed by atoms with Crippen LogP contribution in [0.4, 0.5) is 5.69 Å². The predicted molar refractivity (Wildman–Crippen MR) is 131 cm³/mol. The Labute approximate surface area is 195 Å². The second-order valence-electron chi connectivity index (χ2n) is 6.55. The van der Waals surface area contributed by atoms with Gasteiger partial charge in [-0.15, -0.1) is 30.4 Å². The van der Waals surface area contributed by atoms with Crippen LogP contribution in [-0.2, 0) is 11.3 Å². The summed E-state index contributed by atoms with van der Waals surface area (Å²) >= 11 is 0. The van der Waals surface area contributed by atoms with Gasteiger partial charge in [-0.1, -0.05) is 31.0 Å². The molecule has 0 aliphatic carbocycles. The Morgan fingerprint density at radius 3 is 2.67 bits per heavy atom. The van der Waals surface area contributed by atoms with Gasteiger partial charge in [-0.25, -0.2) is 4.99 Å². The summed E-state index contributed by atoms with van der Waals surface area (Å²) in [5, 5.41) is 13.2. The van der Waals surface area contributed by atoms with Crippen LogP contribution >= 0.6 is 24.0 Å². The van der Waals surface area contributed by atoms with Crippen molar-refractivity contribution in [2.45, 2.75) is 46.1 Å². The second kappa shape index (κ2) is 13.6. The van der Waals surface area contributed by atoms with Gasteiger partial charge in [0, 0.05) is 29.8 Å². The molecule has 2 rings (SSSR count). The van der Waals surface area contributed by atoms with Crippen molar-refractivity contribution in [1.29, 1.82) is 0 Å². The number of aliphatic imine (C=N–C) groups is 1. The number of rotatable bonds is 9. The van der Waals surface area contributed by atoms with E-state index in [0.717, 1.165) is 24.3 Å². The van der Waals surface area contributed by atoms with Crippen molar-refractivity contribution in [3.8, 4) is 12.3 Å². The molecule has 2 aromatic rings. The number of nitrogens with zero attached hydrogens (tertiary/aromatic N) is 2. The highest BCUT2D eigenvalue weighted by molar-refractivity contribution is 14.0. The summed E-state index contributed by atoms with van der Waals surface area (Å²) in [6, 6.07) is 9.10. The van der Waals surface area contributed by atoms with Crippen molar-refractivity contribution in [1.82, 2.24) is 15.8 Å². The number of halogens is 1. The van der Waals surface area contributed by atoms with Crippen molar-refractivity contribution in [2.24, 2.45) is 4.99 Å². The minimum atomic E-state index is -0.230. The first-order chi connectivity index (χ1) is 14.1. The maximum atomic E-state index is 12.2. The number of guanidine groups is 1. The first kappa shape index (κ1) is 25.5. The van der Waals surface area contributed by atoms with Gasteiger partial charge in [0.1, 0.15) is 6.54 Å². The number of anilines is 1. The van der Waals surface area contributed by atoms with Gasteiger partial charge >= 0.3 is 0 Å². The molecule has 3 N–H and O–H groups in total. The van der Waals surface area contributed by atoms with Crippen molar-refractivity contribution in [3.63, 3.8) is 0 Å². The SMILES string of the molecule is C#Cc1cccc(NC(=O)CN=C(NCC)NCc2cc(C(CC)CC)no2)c1.I. The third-order valence-corrected chi connectivity index (χ3v) is 4.45. The molecular formula is C22H30IN5O2. The third kappa shape index (κ3) is 8.06. The molecule has 0 spiro atoms. The van der Waals surface area contributed by atoms with Crippen LogP contribution < -0.4 is 16.0 Å². The average Bonchev–Trinajstić information content (AvgIpc) is 3.20. The number of carbonyl (C=O) groups excluding carboxylic acids is 1. The zero-order chi connectivity index (χ0) is 21.1. The van der Waals surface area contributed by atoms with Crippen LogP contribution in [0.25, 0.3) is 0 Å². The molecule has 30 heavy (non-hydrogen) atoms. The van der Waals surface area contributed by atoms with Crippen LogP contribution in [-0.4, -0.2) is 30.1 Å². The minimum absolute atomic E-state index is 0. The van der Waals surface area contributed by atoms with Crippen LogP contribution in [0.1, 0.15) is 56.5 Å². The standard InChI is InChI=1S/C22H29N5O2.HI/c1-5-16-10-9-11-18(12-16)26-21(28)15-25-22(23-8-4)24-14-19-13-20(27-29-19)17(6-2)7-3;/h1,9-13,17H,6-8,14-15H2,2-4H3,(H,26,28)(H2,23,24,25);1H. The Hall–Kier alpha value is -2.54. The fraction of sp³-hybridized carbons (Fsp3) is 0.409. The van der Waals surface area contributed by atoms with E-state index in [1.165, 1.54) is 0 Å². The van der Waals surface area contributed by atoms with E-state index in [4.69, 9.17) is 10.9 Å². The molecule has 162 valence electrons. The van der Waals surface area contributed by atoms with E-state index in [0.29, 0.717) is 36.2 Å². The number of aromatic nitrogens is 1. The molecular weight excluding hydrogens is 493 g/mol. The fourth-order valence-electron chi connectivity index (χ4n) is 2.86. The molecule has 1 amide bonds. The van der Waals surface area contributed by atoms with Crippen LogP contribution in [0, 0.1) is 12.3 Å². The average molecular weight is 523 g/mol. The first-order valence-electron chi connectivity index (χ1n) is 9.93. The van der Waals surface area contributed by atoms with Crippen LogP contribution in [0.15, 0.2) is 39.8 Å². The molecule has 0 radical (unpaired) electrons. The monoisotopic (exact) mass is 523 g/mol. The predicted octanol–water partition coefficient (Wildman–Crippen LogP) is 3.87. The van der Waals surface area contributed by atoms with Gasteiger partial charge in [-0.05, 0) is 38.0 Å². The molecule has 1 aromatic carbocycles. The third-order valence-electron chi connectivity index (χ3n) is 4.45. The summed E-state index contributed by atoms with van der Waals surface area (Å²) in [5.41, 5.74) is 2.33. The van der Waals surface area contributed by atoms with Gasteiger partial charge in [0.2, 0.25) is 5.91 Å². The lowest BCUT2D eigenvalue weighted by Gasteiger charge is -2.10. The molecule has 0 aliphatic heterocycles. The normalized spacial score (nSPS) is 10.8. The zero-order valence-corrected chi connectivity index (χ0v) is 20.0. The van der Waals surface area contributed by atoms with Crippen molar-refractivity contribution in [2.75, 3.05) is 18.4 Å². The molecule has 0 unspecified atom stereocenters. The summed E-state index contributed by atoms with van der Waals surface area (Å²) in [6.45, 7) is 7.33. The molecule has 0 saturated carbocycles. The summed E-state index contributed by atoms with van der Waals surface area (Å²) < 4.78 is 5.41. The Morgan fingerprint density at radius 2 is 2.00 bits per heavy atom. The topological polar surface area (TPSA) is 91.5 Å². The number of amides is 1. The molecule has 0 atom stereocenters. The quantitative estimate of drug-likeness (QED) is 0.201. The molecule has 8 heteroatoms. The van der Waals surface area contributed by atoms with Crippen molar-refractivity contribution >= 4 is 41.5 Å². The van der Waals surface area contributed by atoms with E-state index in [9.17, 15) is 4.79 Å². The summed E-state index contributed by atoms with van der Waals surface area (Å²) in [4.78, 5) is 16.5. The van der Waals surface area contributed by atoms with Gasteiger partial charge in [-0.3, -0.25) is 4.79 Å². The number of carbonyl (C=O) groups is 1. The highest BCUT2D eigenvalue weighted by atomic mass is 127. The number of hydrogen-bond donors (Lipinski definition) is 3. The van der Waals surface area contributed by atoms with Crippen LogP contribution in [0.3, 0.4) is 0 Å². The molecule has 0 bridgehead atoms. The zero-order valence-electron chi connectivity index (χ0n) is 17.7. The number of hydrogen-bond acceptors (Lipinski definition) is 4. The van der Waals surface area contributed by atoms with E-state index in [1.807, 2.05) is 13.0 Å². The van der Waals surface area contributed by atoms with Crippen molar-refractivity contribution < 1.29 is 9.32 Å². The Balaban J connectivity index is 0.00000450. The van der Waals surface area contributed by atoms with Gasteiger partial charge in [0.25, 0.3) is 0 Å². The van der Waals surface area contributed by atoms with E-state index >= 15 is 0 Å². The summed E-state index contributed by atoms with van der Waals surface area (Å²) in [5.74, 6) is 3.98. The second-order valence-corrected chi connectivity index (χ2v) is 6.55. The molecule has 1 aromatic heterocycles. The van der Waals surface area contributed by atoms with E-state index in [1.54, 1.807) is 24.3 Å². The van der Waals surface area contributed by atoms with Crippen molar-refractivity contribution in [3.05, 3.63) is 47.3 Å². The molecule has 0 aliphatic rings. The highest BCUT2D eigenvalue weighted by Crippen LogP contribution is 2.22. The van der Waals surface area contributed by atoms with E-state index in [-0.39, 0.29) is 36.4 Å². The molecule has 0 saturated heterocycles. The number of nitrogens with one attached hydrogen (secondary N) is 3. The maximum absolute atomic E-state index is 12.2. The minimum Gasteiger partial charge on any atom is -0.359 e.